The second kappa shape index (κ2) is 7.11. The average Bonchev–Trinajstić information content (AvgIpc) is 2.78. The number of carbonyl (C=O) groups is 2. The standard InChI is InChI=1S/C12H15F3N2O4/c1-21-6-5-16(7-10(18)19)11(20)9-3-2-4-17(9)8-12(13,14)15/h2-4H,5-8H2,1H3,(H,18,19). The minimum absolute atomic E-state index is 0.0289. The van der Waals surface area contributed by atoms with E-state index in [0.29, 0.717) is 0 Å². The third-order valence-electron chi connectivity index (χ3n) is 2.58. The van der Waals surface area contributed by atoms with Crippen LogP contribution in [0.15, 0.2) is 18.3 Å². The number of carboxylic acids is 1. The van der Waals surface area contributed by atoms with Crippen molar-refractivity contribution >= 4 is 11.9 Å². The lowest BCUT2D eigenvalue weighted by Crippen LogP contribution is -2.39. The molecule has 1 rings (SSSR count). The third kappa shape index (κ3) is 5.46. The molecule has 1 amide bonds. The number of methoxy groups -OCH3 is 1. The number of alkyl halides is 3. The van der Waals surface area contributed by atoms with Crippen molar-refractivity contribution in [3.63, 3.8) is 0 Å². The Labute approximate surface area is 118 Å². The Morgan fingerprint density at radius 1 is 1.43 bits per heavy atom. The van der Waals surface area contributed by atoms with Gasteiger partial charge in [0.05, 0.1) is 6.61 Å². The Balaban J connectivity index is 2.93. The second-order valence-electron chi connectivity index (χ2n) is 4.25. The highest BCUT2D eigenvalue weighted by molar-refractivity contribution is 5.94. The minimum Gasteiger partial charge on any atom is -0.480 e. The maximum absolute atomic E-state index is 12.4. The number of carboxylic acid groups (broad SMARTS) is 1. The summed E-state index contributed by atoms with van der Waals surface area (Å²) in [6, 6.07) is 2.52. The molecule has 0 saturated carbocycles. The van der Waals surface area contributed by atoms with Crippen molar-refractivity contribution < 1.29 is 32.6 Å². The van der Waals surface area contributed by atoms with Gasteiger partial charge < -0.3 is 19.3 Å². The summed E-state index contributed by atoms with van der Waals surface area (Å²) in [4.78, 5) is 23.8. The molecule has 0 aliphatic carbocycles. The van der Waals surface area contributed by atoms with Crippen LogP contribution in [0.5, 0.6) is 0 Å². The lowest BCUT2D eigenvalue weighted by atomic mass is 10.3. The molecule has 0 fully saturated rings. The molecule has 1 aromatic heterocycles. The van der Waals surface area contributed by atoms with E-state index in [9.17, 15) is 22.8 Å². The summed E-state index contributed by atoms with van der Waals surface area (Å²) >= 11 is 0. The Morgan fingerprint density at radius 3 is 2.62 bits per heavy atom. The lowest BCUT2D eigenvalue weighted by molar-refractivity contribution is -0.141. The zero-order chi connectivity index (χ0) is 16.0. The quantitative estimate of drug-likeness (QED) is 0.822. The maximum atomic E-state index is 12.4. The van der Waals surface area contributed by atoms with E-state index < -0.39 is 31.1 Å². The van der Waals surface area contributed by atoms with Crippen molar-refractivity contribution in [2.24, 2.45) is 0 Å². The molecule has 6 nitrogen and oxygen atoms in total. The van der Waals surface area contributed by atoms with E-state index in [1.54, 1.807) is 0 Å². The molecule has 0 aromatic carbocycles. The highest BCUT2D eigenvalue weighted by Crippen LogP contribution is 2.19. The predicted octanol–water partition coefficient (Wildman–Crippen LogP) is 1.22. The molecule has 118 valence electrons. The number of ether oxygens (including phenoxy) is 1. The van der Waals surface area contributed by atoms with Gasteiger partial charge in [0.2, 0.25) is 0 Å². The number of aromatic nitrogens is 1. The van der Waals surface area contributed by atoms with E-state index >= 15 is 0 Å². The number of aliphatic carboxylic acids is 1. The first kappa shape index (κ1) is 17.0. The van der Waals surface area contributed by atoms with Crippen molar-refractivity contribution in [2.45, 2.75) is 12.7 Å². The Kier molecular flexibility index (Phi) is 5.77. The van der Waals surface area contributed by atoms with Crippen LogP contribution < -0.4 is 0 Å². The normalized spacial score (nSPS) is 11.4. The monoisotopic (exact) mass is 308 g/mol. The van der Waals surface area contributed by atoms with E-state index in [-0.39, 0.29) is 18.8 Å². The Hall–Kier alpha value is -2.03. The van der Waals surface area contributed by atoms with Crippen LogP contribution >= 0.6 is 0 Å². The van der Waals surface area contributed by atoms with Crippen molar-refractivity contribution in [3.8, 4) is 0 Å². The van der Waals surface area contributed by atoms with Gasteiger partial charge in [-0.1, -0.05) is 0 Å². The van der Waals surface area contributed by atoms with Gasteiger partial charge in [-0.2, -0.15) is 13.2 Å². The second-order valence-corrected chi connectivity index (χ2v) is 4.25. The van der Waals surface area contributed by atoms with Crippen molar-refractivity contribution in [2.75, 3.05) is 26.8 Å². The summed E-state index contributed by atoms with van der Waals surface area (Å²) in [5, 5.41) is 8.76. The summed E-state index contributed by atoms with van der Waals surface area (Å²) in [6.07, 6.45) is -3.35. The van der Waals surface area contributed by atoms with Crippen LogP contribution in [-0.4, -0.2) is 59.4 Å². The first-order chi connectivity index (χ1) is 9.74. The van der Waals surface area contributed by atoms with Crippen LogP contribution in [0, 0.1) is 0 Å². The van der Waals surface area contributed by atoms with Crippen LogP contribution in [0.25, 0.3) is 0 Å². The van der Waals surface area contributed by atoms with Crippen LogP contribution in [0.3, 0.4) is 0 Å². The smallest absolute Gasteiger partial charge is 0.406 e. The van der Waals surface area contributed by atoms with E-state index in [1.807, 2.05) is 0 Å². The number of hydrogen-bond donors (Lipinski definition) is 1. The van der Waals surface area contributed by atoms with Gasteiger partial charge in [0.25, 0.3) is 5.91 Å². The Morgan fingerprint density at radius 2 is 2.10 bits per heavy atom. The molecule has 9 heteroatoms. The van der Waals surface area contributed by atoms with Gasteiger partial charge in [-0.05, 0) is 12.1 Å². The first-order valence-electron chi connectivity index (χ1n) is 5.96. The minimum atomic E-state index is -4.47. The van der Waals surface area contributed by atoms with Crippen LogP contribution in [0.1, 0.15) is 10.5 Å². The van der Waals surface area contributed by atoms with Crippen molar-refractivity contribution in [1.29, 1.82) is 0 Å². The fraction of sp³-hybridized carbons (Fsp3) is 0.500. The van der Waals surface area contributed by atoms with Crippen LogP contribution in [0.4, 0.5) is 13.2 Å². The average molecular weight is 308 g/mol. The number of nitrogens with zero attached hydrogens (tertiary/aromatic N) is 2. The fourth-order valence-electron chi connectivity index (χ4n) is 1.72. The molecule has 1 N–H and O–H groups in total. The maximum Gasteiger partial charge on any atom is 0.406 e. The molecule has 0 radical (unpaired) electrons. The molecule has 0 saturated heterocycles. The fourth-order valence-corrected chi connectivity index (χ4v) is 1.72. The molecule has 0 unspecified atom stereocenters. The zero-order valence-corrected chi connectivity index (χ0v) is 11.3. The Bertz CT molecular complexity index is 499. The summed E-state index contributed by atoms with van der Waals surface area (Å²) in [6.45, 7) is -1.87. The van der Waals surface area contributed by atoms with Gasteiger partial charge >= 0.3 is 12.1 Å². The molecule has 0 aliphatic rings. The molecule has 1 aromatic rings. The zero-order valence-electron chi connectivity index (χ0n) is 11.3. The van der Waals surface area contributed by atoms with Gasteiger partial charge in [-0.3, -0.25) is 9.59 Å². The van der Waals surface area contributed by atoms with Crippen LogP contribution in [0.2, 0.25) is 0 Å². The summed E-state index contributed by atoms with van der Waals surface area (Å²) < 4.78 is 42.7. The SMILES string of the molecule is COCCN(CC(=O)O)C(=O)c1cccn1CC(F)(F)F. The van der Waals surface area contributed by atoms with E-state index in [2.05, 4.69) is 0 Å². The summed E-state index contributed by atoms with van der Waals surface area (Å²) in [5.74, 6) is -2.04. The summed E-state index contributed by atoms with van der Waals surface area (Å²) in [7, 11) is 1.37. The van der Waals surface area contributed by atoms with E-state index in [0.717, 1.165) is 15.7 Å². The molecule has 0 atom stereocenters. The number of rotatable bonds is 7. The van der Waals surface area contributed by atoms with Crippen molar-refractivity contribution in [1.82, 2.24) is 9.47 Å². The number of halogens is 3. The molecule has 21 heavy (non-hydrogen) atoms. The van der Waals surface area contributed by atoms with Gasteiger partial charge in [-0.25, -0.2) is 0 Å². The molecular formula is C12H15F3N2O4. The highest BCUT2D eigenvalue weighted by atomic mass is 19.4. The van der Waals surface area contributed by atoms with Gasteiger partial charge in [0, 0.05) is 19.9 Å². The van der Waals surface area contributed by atoms with Crippen molar-refractivity contribution in [3.05, 3.63) is 24.0 Å². The van der Waals surface area contributed by atoms with E-state index in [4.69, 9.17) is 9.84 Å². The number of amides is 1. The lowest BCUT2D eigenvalue weighted by Gasteiger charge is -2.21. The van der Waals surface area contributed by atoms with E-state index in [1.165, 1.54) is 19.2 Å². The largest absolute Gasteiger partial charge is 0.480 e. The third-order valence-corrected chi connectivity index (χ3v) is 2.58. The summed E-state index contributed by atoms with van der Waals surface area (Å²) in [5.41, 5.74) is -0.218. The molecule has 1 heterocycles. The predicted molar refractivity (Wildman–Crippen MR) is 65.9 cm³/mol. The molecule has 0 aliphatic heterocycles. The number of carbonyl (C=O) groups excluding carboxylic acids is 1. The molecular weight excluding hydrogens is 293 g/mol. The topological polar surface area (TPSA) is 71.8 Å². The van der Waals surface area contributed by atoms with Crippen LogP contribution in [-0.2, 0) is 16.1 Å². The first-order valence-corrected chi connectivity index (χ1v) is 5.96. The molecule has 0 spiro atoms. The highest BCUT2D eigenvalue weighted by Gasteiger charge is 2.30. The number of hydrogen-bond acceptors (Lipinski definition) is 3. The van der Waals surface area contributed by atoms with Gasteiger partial charge in [0.1, 0.15) is 18.8 Å². The van der Waals surface area contributed by atoms with Gasteiger partial charge in [-0.15, -0.1) is 0 Å². The molecule has 0 bridgehead atoms. The van der Waals surface area contributed by atoms with Gasteiger partial charge in [0.15, 0.2) is 0 Å².